The summed E-state index contributed by atoms with van der Waals surface area (Å²) in [4.78, 5) is 3.51. The molecule has 0 aliphatic rings. The maximum atomic E-state index is 10.4. The van der Waals surface area contributed by atoms with E-state index >= 15 is 0 Å². The zero-order chi connectivity index (χ0) is 24.6. The SMILES string of the molecule is COc1ccc([S+](c2ccccc2)c2ccccc2OC)cc1.Cc1ccc(S(=O)(=O)[O-])cc1. The molecule has 0 N–H and O–H groups in total. The smallest absolute Gasteiger partial charge is 0.208 e. The van der Waals surface area contributed by atoms with Crippen LogP contribution >= 0.6 is 0 Å². The number of para-hydroxylation sites is 1. The van der Waals surface area contributed by atoms with Gasteiger partial charge in [-0.05, 0) is 67.6 Å². The van der Waals surface area contributed by atoms with Crippen molar-refractivity contribution >= 4 is 21.0 Å². The summed E-state index contributed by atoms with van der Waals surface area (Å²) in [7, 11) is -1.08. The predicted molar refractivity (Wildman–Crippen MR) is 134 cm³/mol. The highest BCUT2D eigenvalue weighted by atomic mass is 32.2. The van der Waals surface area contributed by atoms with Crippen LogP contribution in [0, 0.1) is 6.92 Å². The molecule has 4 rings (SSSR count). The lowest BCUT2D eigenvalue weighted by Gasteiger charge is -2.11. The molecule has 0 bridgehead atoms. The maximum absolute atomic E-state index is 10.4. The third-order valence-electron chi connectivity index (χ3n) is 4.87. The number of hydrogen-bond donors (Lipinski definition) is 0. The maximum Gasteiger partial charge on any atom is 0.208 e. The Hall–Kier alpha value is -3.26. The second-order valence-corrected chi connectivity index (χ2v) is 10.6. The molecule has 0 aliphatic carbocycles. The summed E-state index contributed by atoms with van der Waals surface area (Å²) in [5.41, 5.74) is 0.928. The molecule has 4 aromatic carbocycles. The van der Waals surface area contributed by atoms with E-state index < -0.39 is 10.1 Å². The van der Waals surface area contributed by atoms with Crippen molar-refractivity contribution < 1.29 is 22.4 Å². The van der Waals surface area contributed by atoms with Crippen molar-refractivity contribution in [3.8, 4) is 11.5 Å². The molecule has 0 heterocycles. The molecule has 0 saturated carbocycles. The van der Waals surface area contributed by atoms with Gasteiger partial charge in [0.25, 0.3) is 0 Å². The van der Waals surface area contributed by atoms with Crippen LogP contribution in [0.2, 0.25) is 0 Å². The summed E-state index contributed by atoms with van der Waals surface area (Å²) in [5.74, 6) is 1.78. The number of methoxy groups -OCH3 is 2. The molecule has 34 heavy (non-hydrogen) atoms. The van der Waals surface area contributed by atoms with Crippen molar-refractivity contribution in [1.82, 2.24) is 0 Å². The molecule has 0 amide bonds. The molecule has 1 unspecified atom stereocenters. The fourth-order valence-electron chi connectivity index (χ4n) is 3.15. The van der Waals surface area contributed by atoms with Gasteiger partial charge in [0.05, 0.1) is 19.1 Å². The van der Waals surface area contributed by atoms with Gasteiger partial charge in [0.2, 0.25) is 4.90 Å². The highest BCUT2D eigenvalue weighted by Gasteiger charge is 2.31. The van der Waals surface area contributed by atoms with E-state index in [0.717, 1.165) is 17.1 Å². The van der Waals surface area contributed by atoms with Gasteiger partial charge in [0.15, 0.2) is 15.5 Å². The minimum atomic E-state index is -4.27. The van der Waals surface area contributed by atoms with Crippen molar-refractivity contribution in [3.63, 3.8) is 0 Å². The molecule has 1 atom stereocenters. The molecular weight excluding hydrogens is 468 g/mol. The Morgan fingerprint density at radius 1 is 0.676 bits per heavy atom. The third-order valence-corrected chi connectivity index (χ3v) is 7.99. The zero-order valence-electron chi connectivity index (χ0n) is 19.2. The first-order valence-corrected chi connectivity index (χ1v) is 13.1. The fraction of sp³-hybridized carbons (Fsp3) is 0.111. The van der Waals surface area contributed by atoms with Crippen LogP contribution in [0.4, 0.5) is 0 Å². The van der Waals surface area contributed by atoms with Gasteiger partial charge in [0.1, 0.15) is 26.8 Å². The summed E-state index contributed by atoms with van der Waals surface area (Å²) >= 11 is 0. The Morgan fingerprint density at radius 3 is 1.79 bits per heavy atom. The van der Waals surface area contributed by atoms with Crippen LogP contribution < -0.4 is 9.47 Å². The standard InChI is InChI=1S/C20H19O2S.C7H8O3S/c1-21-16-12-14-18(15-13-16)23(17-8-4-3-5-9-17)20-11-7-6-10-19(20)22-2;1-6-2-4-7(5-3-6)11(8,9)10/h3-15H,1-2H3;2-5H,1H3,(H,8,9,10)/q+1;/p-1. The van der Waals surface area contributed by atoms with E-state index in [9.17, 15) is 13.0 Å². The van der Waals surface area contributed by atoms with Gasteiger partial charge in [-0.15, -0.1) is 0 Å². The lowest BCUT2D eigenvalue weighted by Crippen LogP contribution is -2.06. The van der Waals surface area contributed by atoms with Crippen LogP contribution in [0.1, 0.15) is 5.56 Å². The fourth-order valence-corrected chi connectivity index (χ4v) is 5.80. The van der Waals surface area contributed by atoms with E-state index in [1.165, 1.54) is 26.8 Å². The summed E-state index contributed by atoms with van der Waals surface area (Å²) in [5, 5.41) is 0. The molecule has 5 nitrogen and oxygen atoms in total. The van der Waals surface area contributed by atoms with Crippen molar-refractivity contribution in [2.45, 2.75) is 26.5 Å². The molecule has 0 radical (unpaired) electrons. The van der Waals surface area contributed by atoms with Crippen LogP contribution in [0.3, 0.4) is 0 Å². The van der Waals surface area contributed by atoms with Crippen LogP contribution in [-0.2, 0) is 21.0 Å². The van der Waals surface area contributed by atoms with E-state index in [1.807, 2.05) is 37.3 Å². The van der Waals surface area contributed by atoms with E-state index in [2.05, 4.69) is 48.5 Å². The minimum Gasteiger partial charge on any atom is -0.744 e. The van der Waals surface area contributed by atoms with Crippen LogP contribution in [0.25, 0.3) is 0 Å². The summed E-state index contributed by atoms with van der Waals surface area (Å²) in [6.07, 6.45) is 0. The van der Waals surface area contributed by atoms with Gasteiger partial charge >= 0.3 is 0 Å². The van der Waals surface area contributed by atoms with Crippen LogP contribution in [-0.4, -0.2) is 27.2 Å². The third kappa shape index (κ3) is 6.63. The number of aryl methyl sites for hydroxylation is 1. The van der Waals surface area contributed by atoms with E-state index in [-0.39, 0.29) is 15.8 Å². The largest absolute Gasteiger partial charge is 0.744 e. The molecule has 0 aliphatic heterocycles. The molecule has 0 fully saturated rings. The van der Waals surface area contributed by atoms with Crippen LogP contribution in [0.15, 0.2) is 123 Å². The highest BCUT2D eigenvalue weighted by molar-refractivity contribution is 7.97. The Kier molecular flexibility index (Phi) is 8.76. The van der Waals surface area contributed by atoms with Crippen molar-refractivity contribution in [2.24, 2.45) is 0 Å². The van der Waals surface area contributed by atoms with Gasteiger partial charge in [-0.25, -0.2) is 8.42 Å². The van der Waals surface area contributed by atoms with Crippen molar-refractivity contribution in [1.29, 1.82) is 0 Å². The molecule has 7 heteroatoms. The van der Waals surface area contributed by atoms with Gasteiger partial charge in [-0.3, -0.25) is 0 Å². The quantitative estimate of drug-likeness (QED) is 0.254. The van der Waals surface area contributed by atoms with E-state index in [1.54, 1.807) is 26.4 Å². The topological polar surface area (TPSA) is 75.7 Å². The lowest BCUT2D eigenvalue weighted by molar-refractivity contribution is 0.404. The Labute approximate surface area is 204 Å². The molecule has 0 saturated heterocycles. The van der Waals surface area contributed by atoms with E-state index in [4.69, 9.17) is 9.47 Å². The minimum absolute atomic E-state index is 0.178. The second-order valence-electron chi connectivity index (χ2n) is 7.21. The van der Waals surface area contributed by atoms with Gasteiger partial charge in [-0.2, -0.15) is 0 Å². The second kappa shape index (κ2) is 11.7. The lowest BCUT2D eigenvalue weighted by atomic mass is 10.2. The highest BCUT2D eigenvalue weighted by Crippen LogP contribution is 2.36. The number of rotatable bonds is 6. The van der Waals surface area contributed by atoms with Gasteiger partial charge < -0.3 is 14.0 Å². The number of hydrogen-bond acceptors (Lipinski definition) is 5. The molecular formula is C27H26O5S2. The van der Waals surface area contributed by atoms with Crippen molar-refractivity contribution in [3.05, 3.63) is 109 Å². The Bertz CT molecular complexity index is 1290. The normalized spacial score (nSPS) is 11.6. The monoisotopic (exact) mass is 494 g/mol. The van der Waals surface area contributed by atoms with Crippen LogP contribution in [0.5, 0.6) is 11.5 Å². The van der Waals surface area contributed by atoms with E-state index in [0.29, 0.717) is 0 Å². The predicted octanol–water partition coefficient (Wildman–Crippen LogP) is 5.70. The number of ether oxygens (including phenoxy) is 2. The average molecular weight is 495 g/mol. The van der Waals surface area contributed by atoms with Crippen molar-refractivity contribution in [2.75, 3.05) is 14.2 Å². The Morgan fingerprint density at radius 2 is 1.24 bits per heavy atom. The molecule has 0 aromatic heterocycles. The molecule has 0 spiro atoms. The first-order valence-electron chi connectivity index (χ1n) is 10.4. The van der Waals surface area contributed by atoms with Gasteiger partial charge in [0, 0.05) is 0 Å². The Balaban J connectivity index is 0.000000248. The molecule has 4 aromatic rings. The average Bonchev–Trinajstić information content (AvgIpc) is 2.86. The summed E-state index contributed by atoms with van der Waals surface area (Å²) < 4.78 is 42.0. The summed E-state index contributed by atoms with van der Waals surface area (Å²) in [6.45, 7) is 1.82. The first-order chi connectivity index (χ1) is 16.3. The van der Waals surface area contributed by atoms with Gasteiger partial charge in [-0.1, -0.05) is 48.0 Å². The zero-order valence-corrected chi connectivity index (χ0v) is 20.8. The molecule has 176 valence electrons. The summed E-state index contributed by atoms with van der Waals surface area (Å²) in [6, 6.07) is 32.8. The first kappa shape index (κ1) is 25.4. The number of benzene rings is 4.